The maximum absolute atomic E-state index is 11.7. The third-order valence-electron chi connectivity index (χ3n) is 3.13. The van der Waals surface area contributed by atoms with Gasteiger partial charge in [-0.3, -0.25) is 4.79 Å². The molecule has 1 heterocycles. The molecular weight excluding hydrogens is 228 g/mol. The molecule has 1 aromatic rings. The van der Waals surface area contributed by atoms with Gasteiger partial charge in [-0.2, -0.15) is 0 Å². The Balaban J connectivity index is 1.96. The van der Waals surface area contributed by atoms with Crippen LogP contribution < -0.4 is 15.4 Å². The van der Waals surface area contributed by atoms with Gasteiger partial charge in [0.2, 0.25) is 5.91 Å². The van der Waals surface area contributed by atoms with Gasteiger partial charge in [0, 0.05) is 25.2 Å². The predicted octanol–water partition coefficient (Wildman–Crippen LogP) is 1.23. The molecule has 4 nitrogen and oxygen atoms in total. The Hall–Kier alpha value is -1.55. The predicted molar refractivity (Wildman–Crippen MR) is 70.6 cm³/mol. The molecule has 0 unspecified atom stereocenters. The third-order valence-corrected chi connectivity index (χ3v) is 3.13. The van der Waals surface area contributed by atoms with Crippen LogP contribution in [0.2, 0.25) is 0 Å². The smallest absolute Gasteiger partial charge is 0.225 e. The number of rotatable bonds is 5. The summed E-state index contributed by atoms with van der Waals surface area (Å²) < 4.78 is 5.59. The van der Waals surface area contributed by atoms with E-state index in [1.165, 1.54) is 0 Å². The van der Waals surface area contributed by atoms with Crippen molar-refractivity contribution in [1.29, 1.82) is 0 Å². The van der Waals surface area contributed by atoms with Gasteiger partial charge in [0.05, 0.1) is 12.5 Å². The van der Waals surface area contributed by atoms with Crippen molar-refractivity contribution in [3.63, 3.8) is 0 Å². The minimum Gasteiger partial charge on any atom is -0.494 e. The monoisotopic (exact) mass is 248 g/mol. The second-order valence-corrected chi connectivity index (χ2v) is 4.62. The van der Waals surface area contributed by atoms with Gasteiger partial charge in [-0.15, -0.1) is 0 Å². The van der Waals surface area contributed by atoms with Crippen LogP contribution >= 0.6 is 0 Å². The molecule has 1 saturated heterocycles. The summed E-state index contributed by atoms with van der Waals surface area (Å²) in [5.41, 5.74) is 2.19. The number of nitrogens with one attached hydrogen (secondary N) is 2. The lowest BCUT2D eigenvalue weighted by atomic mass is 10.0. The molecule has 0 aromatic heterocycles. The van der Waals surface area contributed by atoms with E-state index in [-0.39, 0.29) is 11.8 Å². The van der Waals surface area contributed by atoms with Crippen molar-refractivity contribution in [2.45, 2.75) is 20.4 Å². The fourth-order valence-corrected chi connectivity index (χ4v) is 1.90. The normalized spacial score (nSPS) is 15.0. The summed E-state index contributed by atoms with van der Waals surface area (Å²) in [6.45, 7) is 6.74. The van der Waals surface area contributed by atoms with Crippen LogP contribution in [0.4, 0.5) is 0 Å². The lowest BCUT2D eigenvalue weighted by molar-refractivity contribution is -0.126. The number of hydrogen-bond donors (Lipinski definition) is 2. The van der Waals surface area contributed by atoms with Crippen LogP contribution in [-0.2, 0) is 11.3 Å². The van der Waals surface area contributed by atoms with E-state index in [4.69, 9.17) is 4.74 Å². The van der Waals surface area contributed by atoms with Gasteiger partial charge >= 0.3 is 0 Å². The highest BCUT2D eigenvalue weighted by Gasteiger charge is 2.24. The molecule has 2 N–H and O–H groups in total. The summed E-state index contributed by atoms with van der Waals surface area (Å²) in [6, 6.07) is 6.06. The molecule has 1 aliphatic rings. The Morgan fingerprint density at radius 1 is 1.50 bits per heavy atom. The van der Waals surface area contributed by atoms with Crippen molar-refractivity contribution in [1.82, 2.24) is 10.6 Å². The van der Waals surface area contributed by atoms with Crippen LogP contribution in [-0.4, -0.2) is 25.6 Å². The van der Waals surface area contributed by atoms with E-state index in [1.54, 1.807) is 0 Å². The Kier molecular flexibility index (Phi) is 4.20. The molecule has 0 aliphatic carbocycles. The molecule has 0 spiro atoms. The molecule has 1 aromatic carbocycles. The van der Waals surface area contributed by atoms with E-state index in [0.29, 0.717) is 13.2 Å². The van der Waals surface area contributed by atoms with Crippen LogP contribution in [0.25, 0.3) is 0 Å². The molecule has 18 heavy (non-hydrogen) atoms. The zero-order valence-electron chi connectivity index (χ0n) is 11.0. The maximum atomic E-state index is 11.7. The van der Waals surface area contributed by atoms with Gasteiger partial charge in [-0.05, 0) is 25.5 Å². The summed E-state index contributed by atoms with van der Waals surface area (Å²) in [7, 11) is 0. The van der Waals surface area contributed by atoms with Crippen LogP contribution in [0.5, 0.6) is 5.75 Å². The molecular formula is C14H20N2O2. The van der Waals surface area contributed by atoms with Crippen LogP contribution in [0.3, 0.4) is 0 Å². The third kappa shape index (κ3) is 3.01. The summed E-state index contributed by atoms with van der Waals surface area (Å²) in [5, 5.41) is 6.05. The first-order valence-electron chi connectivity index (χ1n) is 6.41. The van der Waals surface area contributed by atoms with E-state index in [2.05, 4.69) is 10.6 Å². The van der Waals surface area contributed by atoms with Gasteiger partial charge < -0.3 is 15.4 Å². The molecule has 0 saturated carbocycles. The highest BCUT2D eigenvalue weighted by molar-refractivity contribution is 5.80. The first-order valence-corrected chi connectivity index (χ1v) is 6.41. The number of amides is 1. The Labute approximate surface area is 108 Å². The molecule has 98 valence electrons. The Morgan fingerprint density at radius 3 is 2.89 bits per heavy atom. The van der Waals surface area contributed by atoms with Crippen molar-refractivity contribution in [2.75, 3.05) is 19.7 Å². The van der Waals surface area contributed by atoms with Gasteiger partial charge in [0.15, 0.2) is 0 Å². The molecule has 1 amide bonds. The largest absolute Gasteiger partial charge is 0.494 e. The van der Waals surface area contributed by atoms with Crippen molar-refractivity contribution in [2.24, 2.45) is 5.92 Å². The minimum absolute atomic E-state index is 0.122. The summed E-state index contributed by atoms with van der Waals surface area (Å²) >= 11 is 0. The van der Waals surface area contributed by atoms with E-state index in [0.717, 1.165) is 30.0 Å². The Morgan fingerprint density at radius 2 is 2.28 bits per heavy atom. The number of carbonyl (C=O) groups excluding carboxylic acids is 1. The summed E-state index contributed by atoms with van der Waals surface area (Å²) in [4.78, 5) is 11.7. The van der Waals surface area contributed by atoms with Gasteiger partial charge in [-0.1, -0.05) is 12.1 Å². The quantitative estimate of drug-likeness (QED) is 0.824. The van der Waals surface area contributed by atoms with Crippen molar-refractivity contribution in [3.8, 4) is 5.75 Å². The lowest BCUT2D eigenvalue weighted by Gasteiger charge is -2.26. The van der Waals surface area contributed by atoms with Gasteiger partial charge in [0.25, 0.3) is 0 Å². The Bertz CT molecular complexity index is 428. The average Bonchev–Trinajstić information content (AvgIpc) is 2.26. The average molecular weight is 248 g/mol. The van der Waals surface area contributed by atoms with Gasteiger partial charge in [0.1, 0.15) is 5.75 Å². The number of ether oxygens (including phenoxy) is 1. The molecule has 2 rings (SSSR count). The van der Waals surface area contributed by atoms with Crippen LogP contribution in [0, 0.1) is 12.8 Å². The van der Waals surface area contributed by atoms with Crippen molar-refractivity contribution < 1.29 is 9.53 Å². The van der Waals surface area contributed by atoms with E-state index < -0.39 is 0 Å². The van der Waals surface area contributed by atoms with Crippen molar-refractivity contribution >= 4 is 5.91 Å². The fourth-order valence-electron chi connectivity index (χ4n) is 1.90. The first-order chi connectivity index (χ1) is 8.70. The molecule has 0 atom stereocenters. The highest BCUT2D eigenvalue weighted by Crippen LogP contribution is 2.20. The molecule has 0 radical (unpaired) electrons. The second kappa shape index (κ2) is 5.87. The number of aryl methyl sites for hydroxylation is 1. The topological polar surface area (TPSA) is 50.4 Å². The zero-order valence-corrected chi connectivity index (χ0v) is 11.0. The maximum Gasteiger partial charge on any atom is 0.225 e. The minimum atomic E-state index is 0.122. The highest BCUT2D eigenvalue weighted by atomic mass is 16.5. The van der Waals surface area contributed by atoms with E-state index in [1.807, 2.05) is 32.0 Å². The first kappa shape index (κ1) is 12.9. The van der Waals surface area contributed by atoms with Crippen LogP contribution in [0.15, 0.2) is 18.2 Å². The van der Waals surface area contributed by atoms with Crippen LogP contribution in [0.1, 0.15) is 18.1 Å². The number of carbonyl (C=O) groups is 1. The molecule has 0 bridgehead atoms. The number of benzene rings is 1. The van der Waals surface area contributed by atoms with Gasteiger partial charge in [-0.25, -0.2) is 0 Å². The second-order valence-electron chi connectivity index (χ2n) is 4.62. The molecule has 1 aliphatic heterocycles. The SMILES string of the molecule is CCOc1cc(C)ccc1CNC(=O)C1CNC1. The summed E-state index contributed by atoms with van der Waals surface area (Å²) in [5.74, 6) is 1.12. The number of hydrogen-bond acceptors (Lipinski definition) is 3. The molecule has 1 fully saturated rings. The van der Waals surface area contributed by atoms with E-state index in [9.17, 15) is 4.79 Å². The van der Waals surface area contributed by atoms with Crippen molar-refractivity contribution in [3.05, 3.63) is 29.3 Å². The summed E-state index contributed by atoms with van der Waals surface area (Å²) in [6.07, 6.45) is 0. The zero-order chi connectivity index (χ0) is 13.0. The lowest BCUT2D eigenvalue weighted by Crippen LogP contribution is -2.50. The molecule has 4 heteroatoms. The standard InChI is InChI=1S/C14H20N2O2/c1-3-18-13-6-10(2)4-5-11(13)9-16-14(17)12-7-15-8-12/h4-6,12,15H,3,7-9H2,1-2H3,(H,16,17). The van der Waals surface area contributed by atoms with E-state index >= 15 is 0 Å². The fraction of sp³-hybridized carbons (Fsp3) is 0.500.